The van der Waals surface area contributed by atoms with Crippen molar-refractivity contribution in [3.63, 3.8) is 0 Å². The van der Waals surface area contributed by atoms with Crippen molar-refractivity contribution in [2.75, 3.05) is 11.0 Å². The number of carbonyl (C=O) groups is 1. The third-order valence-electron chi connectivity index (χ3n) is 2.35. The van der Waals surface area contributed by atoms with E-state index in [0.29, 0.717) is 4.43 Å². The van der Waals surface area contributed by atoms with Crippen molar-refractivity contribution < 1.29 is 4.79 Å². The molecule has 0 N–H and O–H groups in total. The summed E-state index contributed by atoms with van der Waals surface area (Å²) in [5, 5.41) is 0. The molecule has 0 spiro atoms. The van der Waals surface area contributed by atoms with Crippen molar-refractivity contribution in [2.45, 2.75) is 13.1 Å². The number of rotatable bonds is 1. The molecule has 13 heavy (non-hydrogen) atoms. The Morgan fingerprint density at radius 1 is 1.54 bits per heavy atom. The Bertz CT molecular complexity index is 321. The van der Waals surface area contributed by atoms with Crippen LogP contribution in [0.2, 0.25) is 0 Å². The van der Waals surface area contributed by atoms with Gasteiger partial charge in [-0.25, -0.2) is 0 Å². The fourth-order valence-corrected chi connectivity index (χ4v) is 2.09. The first-order valence-electron chi connectivity index (χ1n) is 4.29. The lowest BCUT2D eigenvalue weighted by Crippen LogP contribution is -2.38. The van der Waals surface area contributed by atoms with E-state index in [9.17, 15) is 4.79 Å². The third kappa shape index (κ3) is 1.72. The van der Waals surface area contributed by atoms with Crippen molar-refractivity contribution in [1.82, 2.24) is 9.47 Å². The average Bonchev–Trinajstić information content (AvgIpc) is 2.63. The van der Waals surface area contributed by atoms with Crippen LogP contribution in [-0.2, 0) is 17.9 Å². The van der Waals surface area contributed by atoms with Gasteiger partial charge in [0, 0.05) is 25.0 Å². The summed E-state index contributed by atoms with van der Waals surface area (Å²) < 4.78 is 2.79. The number of alkyl halides is 1. The summed E-state index contributed by atoms with van der Waals surface area (Å²) in [5.74, 6) is 0.244. The van der Waals surface area contributed by atoms with Crippen LogP contribution in [-0.4, -0.2) is 26.3 Å². The Morgan fingerprint density at radius 2 is 2.38 bits per heavy atom. The van der Waals surface area contributed by atoms with E-state index >= 15 is 0 Å². The molecule has 3 nitrogen and oxygen atoms in total. The number of nitrogens with zero attached hydrogens (tertiary/aromatic N) is 2. The molecule has 0 fully saturated rings. The number of aromatic nitrogens is 1. The molecule has 0 unspecified atom stereocenters. The van der Waals surface area contributed by atoms with Gasteiger partial charge in [-0.15, -0.1) is 0 Å². The molecule has 1 aliphatic rings. The smallest absolute Gasteiger partial charge is 0.232 e. The highest BCUT2D eigenvalue weighted by Crippen LogP contribution is 2.13. The summed E-state index contributed by atoms with van der Waals surface area (Å²) in [6.45, 7) is 2.56. The molecule has 70 valence electrons. The second-order valence-corrected chi connectivity index (χ2v) is 3.90. The number of fused-ring (bicyclic) bond motifs is 1. The Morgan fingerprint density at radius 3 is 3.15 bits per heavy atom. The maximum Gasteiger partial charge on any atom is 0.232 e. The fraction of sp³-hybridized carbons (Fsp3) is 0.444. The second-order valence-electron chi connectivity index (χ2n) is 3.14. The number of carbonyl (C=O) groups excluding carboxylic acids is 1. The molecule has 1 aliphatic heterocycles. The minimum absolute atomic E-state index is 0.244. The van der Waals surface area contributed by atoms with Crippen molar-refractivity contribution in [3.05, 3.63) is 24.0 Å². The van der Waals surface area contributed by atoms with Crippen LogP contribution in [0.15, 0.2) is 18.3 Å². The van der Waals surface area contributed by atoms with E-state index in [1.54, 1.807) is 0 Å². The highest BCUT2D eigenvalue weighted by molar-refractivity contribution is 14.1. The molecule has 0 bridgehead atoms. The molecule has 1 aromatic heterocycles. The van der Waals surface area contributed by atoms with Gasteiger partial charge in [-0.1, -0.05) is 22.6 Å². The van der Waals surface area contributed by atoms with E-state index in [4.69, 9.17) is 0 Å². The average molecular weight is 290 g/mol. The van der Waals surface area contributed by atoms with Crippen LogP contribution in [0, 0.1) is 0 Å². The molecular weight excluding hydrogens is 279 g/mol. The monoisotopic (exact) mass is 290 g/mol. The Hall–Kier alpha value is -0.520. The van der Waals surface area contributed by atoms with E-state index in [1.807, 2.05) is 11.0 Å². The minimum Gasteiger partial charge on any atom is -0.348 e. The second kappa shape index (κ2) is 3.69. The van der Waals surface area contributed by atoms with Gasteiger partial charge in [-0.2, -0.15) is 0 Å². The standard InChI is InChI=1S/C9H11IN2O/c10-6-9(13)12-5-4-11-3-1-2-8(11)7-12/h1-3H,4-7H2. The third-order valence-corrected chi connectivity index (χ3v) is 3.01. The predicted octanol–water partition coefficient (Wildman–Crippen LogP) is 1.27. The first-order valence-corrected chi connectivity index (χ1v) is 5.81. The van der Waals surface area contributed by atoms with Gasteiger partial charge in [-0.3, -0.25) is 4.79 Å². The summed E-state index contributed by atoms with van der Waals surface area (Å²) >= 11 is 2.12. The van der Waals surface area contributed by atoms with Crippen molar-refractivity contribution >= 4 is 28.5 Å². The zero-order valence-electron chi connectivity index (χ0n) is 7.24. The van der Waals surface area contributed by atoms with E-state index in [2.05, 4.69) is 39.4 Å². The summed E-state index contributed by atoms with van der Waals surface area (Å²) in [6, 6.07) is 4.11. The molecule has 0 saturated heterocycles. The molecule has 0 atom stereocenters. The number of hydrogen-bond acceptors (Lipinski definition) is 1. The predicted molar refractivity (Wildman–Crippen MR) is 58.7 cm³/mol. The lowest BCUT2D eigenvalue weighted by Gasteiger charge is -2.28. The molecule has 0 saturated carbocycles. The number of hydrogen-bond donors (Lipinski definition) is 0. The molecule has 2 heterocycles. The molecule has 0 aromatic carbocycles. The van der Waals surface area contributed by atoms with Gasteiger partial charge in [-0.05, 0) is 12.1 Å². The number of amides is 1. The van der Waals surface area contributed by atoms with Crippen LogP contribution in [0.25, 0.3) is 0 Å². The van der Waals surface area contributed by atoms with Gasteiger partial charge in [0.05, 0.1) is 11.0 Å². The van der Waals surface area contributed by atoms with Gasteiger partial charge in [0.2, 0.25) is 5.91 Å². The van der Waals surface area contributed by atoms with Gasteiger partial charge >= 0.3 is 0 Å². The van der Waals surface area contributed by atoms with Crippen molar-refractivity contribution in [1.29, 1.82) is 0 Å². The fourth-order valence-electron chi connectivity index (χ4n) is 1.61. The molecular formula is C9H11IN2O. The highest BCUT2D eigenvalue weighted by atomic mass is 127. The Kier molecular flexibility index (Phi) is 2.57. The van der Waals surface area contributed by atoms with Gasteiger partial charge in [0.25, 0.3) is 0 Å². The summed E-state index contributed by atoms with van der Waals surface area (Å²) in [4.78, 5) is 13.3. The summed E-state index contributed by atoms with van der Waals surface area (Å²) in [7, 11) is 0. The lowest BCUT2D eigenvalue weighted by atomic mass is 10.3. The maximum atomic E-state index is 11.4. The van der Waals surface area contributed by atoms with Crippen molar-refractivity contribution in [2.24, 2.45) is 0 Å². The van der Waals surface area contributed by atoms with Crippen LogP contribution in [0.4, 0.5) is 0 Å². The van der Waals surface area contributed by atoms with Crippen LogP contribution in [0.3, 0.4) is 0 Å². The normalized spacial score (nSPS) is 15.6. The molecule has 1 aromatic rings. The first kappa shape index (κ1) is 9.05. The van der Waals surface area contributed by atoms with Crippen LogP contribution in [0.1, 0.15) is 5.69 Å². The van der Waals surface area contributed by atoms with Crippen LogP contribution >= 0.6 is 22.6 Å². The summed E-state index contributed by atoms with van der Waals surface area (Å²) in [6.07, 6.45) is 2.07. The SMILES string of the molecule is O=C(CI)N1CCn2cccc2C1. The zero-order chi connectivity index (χ0) is 9.26. The minimum atomic E-state index is 0.244. The zero-order valence-corrected chi connectivity index (χ0v) is 9.40. The van der Waals surface area contributed by atoms with Crippen LogP contribution < -0.4 is 0 Å². The van der Waals surface area contributed by atoms with Crippen molar-refractivity contribution in [3.8, 4) is 0 Å². The Labute approximate surface area is 90.9 Å². The molecule has 0 radical (unpaired) electrons. The molecule has 4 heteroatoms. The van der Waals surface area contributed by atoms with E-state index in [0.717, 1.165) is 19.6 Å². The largest absolute Gasteiger partial charge is 0.348 e. The molecule has 2 rings (SSSR count). The molecule has 1 amide bonds. The van der Waals surface area contributed by atoms with Gasteiger partial charge < -0.3 is 9.47 Å². The summed E-state index contributed by atoms with van der Waals surface area (Å²) in [5.41, 5.74) is 1.24. The van der Waals surface area contributed by atoms with E-state index in [-0.39, 0.29) is 5.91 Å². The highest BCUT2D eigenvalue weighted by Gasteiger charge is 2.18. The molecule has 0 aliphatic carbocycles. The Balaban J connectivity index is 2.13. The maximum absolute atomic E-state index is 11.4. The van der Waals surface area contributed by atoms with Crippen LogP contribution in [0.5, 0.6) is 0 Å². The van der Waals surface area contributed by atoms with Gasteiger partial charge in [0.1, 0.15) is 0 Å². The lowest BCUT2D eigenvalue weighted by molar-refractivity contribution is -0.129. The van der Waals surface area contributed by atoms with Gasteiger partial charge in [0.15, 0.2) is 0 Å². The number of halogens is 1. The quantitative estimate of drug-likeness (QED) is 0.565. The van der Waals surface area contributed by atoms with E-state index in [1.165, 1.54) is 5.69 Å². The van der Waals surface area contributed by atoms with E-state index < -0.39 is 0 Å². The topological polar surface area (TPSA) is 25.2 Å². The first-order chi connectivity index (χ1) is 6.31.